The zero-order chi connectivity index (χ0) is 20.4. The number of morpholine rings is 1. The molecule has 1 amide bonds. The third kappa shape index (κ3) is 4.87. The highest BCUT2D eigenvalue weighted by Gasteiger charge is 2.27. The maximum atomic E-state index is 12.8. The van der Waals surface area contributed by atoms with Crippen LogP contribution in [0.4, 0.5) is 0 Å². The molecule has 1 aliphatic carbocycles. The third-order valence-electron chi connectivity index (χ3n) is 4.84. The van der Waals surface area contributed by atoms with Gasteiger partial charge in [-0.05, 0) is 49.5 Å². The molecule has 1 aromatic rings. The van der Waals surface area contributed by atoms with Crippen LogP contribution in [0.15, 0.2) is 45.9 Å². The van der Waals surface area contributed by atoms with Gasteiger partial charge in [0.05, 0.1) is 23.8 Å². The first-order valence-electron chi connectivity index (χ1n) is 9.39. The summed E-state index contributed by atoms with van der Waals surface area (Å²) in [5.41, 5.74) is 4.97. The number of nitrogens with zero attached hydrogens (tertiary/aromatic N) is 2. The van der Waals surface area contributed by atoms with Gasteiger partial charge < -0.3 is 4.74 Å². The molecule has 1 aromatic carbocycles. The van der Waals surface area contributed by atoms with Crippen LogP contribution in [0.1, 0.15) is 44.0 Å². The minimum atomic E-state index is -3.65. The Kier molecular flexibility index (Phi) is 6.02. The Labute approximate surface area is 166 Å². The average Bonchev–Trinajstić information content (AvgIpc) is 2.65. The molecule has 1 N–H and O–H groups in total. The van der Waals surface area contributed by atoms with E-state index in [-0.39, 0.29) is 15.9 Å². The largest absolute Gasteiger partial charge is 0.379 e. The van der Waals surface area contributed by atoms with Gasteiger partial charge >= 0.3 is 0 Å². The number of carbonyl (C=O) groups is 1. The first kappa shape index (κ1) is 20.7. The smallest absolute Gasteiger partial charge is 0.271 e. The summed E-state index contributed by atoms with van der Waals surface area (Å²) >= 11 is 0. The number of allylic oxidation sites excluding steroid dienone is 2. The van der Waals surface area contributed by atoms with Crippen LogP contribution in [0.5, 0.6) is 0 Å². The first-order chi connectivity index (χ1) is 13.2. The standard InChI is InChI=1S/C20H27N3O4S/c1-15-11-17(14-20(2,3)13-15)21-22-19(24)16-5-4-6-18(12-16)28(25,26)23-7-9-27-10-8-23/h4-6,11-12H,7-10,13-14H2,1-3H3,(H,22,24)/b21-17-. The molecule has 0 atom stereocenters. The van der Waals surface area contributed by atoms with Gasteiger partial charge in [-0.1, -0.05) is 25.5 Å². The van der Waals surface area contributed by atoms with Crippen molar-refractivity contribution in [3.63, 3.8) is 0 Å². The Hall–Kier alpha value is -2.03. The summed E-state index contributed by atoms with van der Waals surface area (Å²) in [4.78, 5) is 12.6. The zero-order valence-electron chi connectivity index (χ0n) is 16.6. The van der Waals surface area contributed by atoms with Crippen molar-refractivity contribution < 1.29 is 17.9 Å². The maximum Gasteiger partial charge on any atom is 0.271 e. The number of sulfonamides is 1. The molecule has 2 aliphatic rings. The Morgan fingerprint density at radius 1 is 1.21 bits per heavy atom. The first-order valence-corrected chi connectivity index (χ1v) is 10.8. The van der Waals surface area contributed by atoms with E-state index in [9.17, 15) is 13.2 Å². The van der Waals surface area contributed by atoms with Gasteiger partial charge in [0.25, 0.3) is 5.91 Å². The van der Waals surface area contributed by atoms with Gasteiger partial charge in [-0.25, -0.2) is 13.8 Å². The van der Waals surface area contributed by atoms with E-state index in [0.717, 1.165) is 18.6 Å². The minimum Gasteiger partial charge on any atom is -0.379 e. The second kappa shape index (κ2) is 8.14. The van der Waals surface area contributed by atoms with Crippen molar-refractivity contribution in [2.45, 2.75) is 38.5 Å². The molecule has 1 heterocycles. The quantitative estimate of drug-likeness (QED) is 0.780. The fourth-order valence-corrected chi connectivity index (χ4v) is 5.14. The minimum absolute atomic E-state index is 0.101. The fourth-order valence-electron chi connectivity index (χ4n) is 3.69. The lowest BCUT2D eigenvalue weighted by Gasteiger charge is -2.29. The summed E-state index contributed by atoms with van der Waals surface area (Å²) in [5, 5.41) is 4.25. The molecule has 0 spiro atoms. The van der Waals surface area contributed by atoms with Crippen LogP contribution in [0.3, 0.4) is 0 Å². The molecule has 1 saturated heterocycles. The molecule has 0 saturated carbocycles. The second-order valence-corrected chi connectivity index (χ2v) is 10.0. The van der Waals surface area contributed by atoms with Crippen molar-refractivity contribution in [2.24, 2.45) is 10.5 Å². The van der Waals surface area contributed by atoms with E-state index in [2.05, 4.69) is 31.3 Å². The van der Waals surface area contributed by atoms with Crippen LogP contribution in [-0.4, -0.2) is 50.6 Å². The molecular formula is C20H27N3O4S. The number of ether oxygens (including phenoxy) is 1. The fraction of sp³-hybridized carbons (Fsp3) is 0.500. The van der Waals surface area contributed by atoms with Crippen molar-refractivity contribution in [2.75, 3.05) is 26.3 Å². The van der Waals surface area contributed by atoms with E-state index in [1.165, 1.54) is 22.0 Å². The molecule has 1 fully saturated rings. The predicted molar refractivity (Wildman–Crippen MR) is 108 cm³/mol. The van der Waals surface area contributed by atoms with Crippen LogP contribution >= 0.6 is 0 Å². The number of nitrogens with one attached hydrogen (secondary N) is 1. The van der Waals surface area contributed by atoms with E-state index in [1.54, 1.807) is 12.1 Å². The number of hydrogen-bond donors (Lipinski definition) is 1. The number of rotatable bonds is 4. The van der Waals surface area contributed by atoms with Gasteiger partial charge in [0.1, 0.15) is 0 Å². The average molecular weight is 406 g/mol. The molecule has 0 unspecified atom stereocenters. The lowest BCUT2D eigenvalue weighted by atomic mass is 9.77. The van der Waals surface area contributed by atoms with Crippen LogP contribution < -0.4 is 5.43 Å². The van der Waals surface area contributed by atoms with Crippen LogP contribution in [-0.2, 0) is 14.8 Å². The molecule has 0 bridgehead atoms. The van der Waals surface area contributed by atoms with Crippen molar-refractivity contribution in [3.8, 4) is 0 Å². The van der Waals surface area contributed by atoms with E-state index in [4.69, 9.17) is 4.74 Å². The van der Waals surface area contributed by atoms with Gasteiger partial charge in [-0.3, -0.25) is 4.79 Å². The van der Waals surface area contributed by atoms with E-state index in [1.807, 2.05) is 6.08 Å². The maximum absolute atomic E-state index is 12.8. The highest BCUT2D eigenvalue weighted by molar-refractivity contribution is 7.89. The lowest BCUT2D eigenvalue weighted by Crippen LogP contribution is -2.40. The van der Waals surface area contributed by atoms with E-state index in [0.29, 0.717) is 26.3 Å². The molecule has 1 aliphatic heterocycles. The van der Waals surface area contributed by atoms with Gasteiger partial charge in [0, 0.05) is 18.7 Å². The molecular weight excluding hydrogens is 378 g/mol. The van der Waals surface area contributed by atoms with E-state index >= 15 is 0 Å². The van der Waals surface area contributed by atoms with Crippen LogP contribution in [0, 0.1) is 5.41 Å². The van der Waals surface area contributed by atoms with Crippen LogP contribution in [0.25, 0.3) is 0 Å². The normalized spacial score (nSPS) is 22.0. The molecule has 0 radical (unpaired) electrons. The molecule has 8 heteroatoms. The lowest BCUT2D eigenvalue weighted by molar-refractivity contribution is 0.0730. The van der Waals surface area contributed by atoms with Gasteiger partial charge in [0.15, 0.2) is 0 Å². The van der Waals surface area contributed by atoms with Crippen molar-refractivity contribution in [1.29, 1.82) is 0 Å². The zero-order valence-corrected chi connectivity index (χ0v) is 17.4. The van der Waals surface area contributed by atoms with Gasteiger partial charge in [0.2, 0.25) is 10.0 Å². The predicted octanol–water partition coefficient (Wildman–Crippen LogP) is 2.56. The number of carbonyl (C=O) groups excluding carboxylic acids is 1. The summed E-state index contributed by atoms with van der Waals surface area (Å²) in [7, 11) is -3.65. The Morgan fingerprint density at radius 2 is 1.93 bits per heavy atom. The van der Waals surface area contributed by atoms with Gasteiger partial charge in [-0.15, -0.1) is 0 Å². The monoisotopic (exact) mass is 405 g/mol. The highest BCUT2D eigenvalue weighted by atomic mass is 32.2. The van der Waals surface area contributed by atoms with Crippen molar-refractivity contribution in [3.05, 3.63) is 41.5 Å². The number of hydrazone groups is 1. The highest BCUT2D eigenvalue weighted by Crippen LogP contribution is 2.33. The molecule has 0 aromatic heterocycles. The van der Waals surface area contributed by atoms with Crippen molar-refractivity contribution in [1.82, 2.24) is 9.73 Å². The second-order valence-electron chi connectivity index (χ2n) is 8.10. The topological polar surface area (TPSA) is 88.1 Å². The summed E-state index contributed by atoms with van der Waals surface area (Å²) in [6.07, 6.45) is 3.77. The molecule has 3 rings (SSSR count). The molecule has 28 heavy (non-hydrogen) atoms. The number of amides is 1. The summed E-state index contributed by atoms with van der Waals surface area (Å²) in [5.74, 6) is -0.430. The summed E-state index contributed by atoms with van der Waals surface area (Å²) in [6, 6.07) is 6.05. The van der Waals surface area contributed by atoms with Gasteiger partial charge in [-0.2, -0.15) is 9.41 Å². The summed E-state index contributed by atoms with van der Waals surface area (Å²) in [6.45, 7) is 7.77. The summed E-state index contributed by atoms with van der Waals surface area (Å²) < 4.78 is 32.2. The van der Waals surface area contributed by atoms with Crippen LogP contribution in [0.2, 0.25) is 0 Å². The van der Waals surface area contributed by atoms with Crippen molar-refractivity contribution >= 4 is 21.6 Å². The molecule has 7 nitrogen and oxygen atoms in total. The molecule has 152 valence electrons. The number of hydrogen-bond acceptors (Lipinski definition) is 5. The Balaban J connectivity index is 1.76. The Morgan fingerprint density at radius 3 is 2.61 bits per heavy atom. The number of benzene rings is 1. The SMILES string of the molecule is CC1=C/C(=N/NC(=O)c2cccc(S(=O)(=O)N3CCOCC3)c2)CC(C)(C)C1. The van der Waals surface area contributed by atoms with E-state index < -0.39 is 15.9 Å². The Bertz CT molecular complexity index is 913. The third-order valence-corrected chi connectivity index (χ3v) is 6.73.